The van der Waals surface area contributed by atoms with Crippen LogP contribution in [0.5, 0.6) is 11.6 Å². The summed E-state index contributed by atoms with van der Waals surface area (Å²) in [6.07, 6.45) is 0.853. The van der Waals surface area contributed by atoms with Crippen LogP contribution in [0.3, 0.4) is 0 Å². The molecule has 1 aromatic carbocycles. The summed E-state index contributed by atoms with van der Waals surface area (Å²) in [6, 6.07) is 3.98. The molecule has 0 spiro atoms. The number of amides is 1. The second-order valence-electron chi connectivity index (χ2n) is 10.0. The first kappa shape index (κ1) is 28.3. The van der Waals surface area contributed by atoms with E-state index in [-0.39, 0.29) is 52.1 Å². The number of aromatic nitrogens is 2. The molecule has 1 atom stereocenters. The molecule has 1 amide bonds. The number of carboxylic acid groups (broad SMARTS) is 1. The average molecular weight is 509 g/mol. The fraction of sp³-hybridized carbons (Fsp3) is 0.542. The predicted octanol–water partition coefficient (Wildman–Crippen LogP) is 4.50. The van der Waals surface area contributed by atoms with Crippen LogP contribution in [0.15, 0.2) is 23.1 Å². The zero-order valence-corrected chi connectivity index (χ0v) is 22.4. The van der Waals surface area contributed by atoms with Crippen molar-refractivity contribution in [2.45, 2.75) is 84.7 Å². The highest BCUT2D eigenvalue weighted by Crippen LogP contribution is 2.36. The van der Waals surface area contributed by atoms with Gasteiger partial charge in [-0.25, -0.2) is 22.6 Å². The van der Waals surface area contributed by atoms with E-state index >= 15 is 0 Å². The van der Waals surface area contributed by atoms with Crippen LogP contribution in [0.4, 0.5) is 5.69 Å². The Morgan fingerprint density at radius 3 is 2.34 bits per heavy atom. The lowest BCUT2D eigenvalue weighted by Crippen LogP contribution is -2.32. The van der Waals surface area contributed by atoms with Crippen LogP contribution in [-0.4, -0.2) is 41.2 Å². The largest absolute Gasteiger partial charge is 0.476 e. The zero-order chi connectivity index (χ0) is 26.7. The molecule has 194 valence electrons. The van der Waals surface area contributed by atoms with Crippen LogP contribution in [0.25, 0.3) is 0 Å². The molecule has 0 aliphatic rings. The third-order valence-corrected chi connectivity index (χ3v) is 6.80. The number of carbonyl (C=O) groups excluding carboxylic acids is 1. The van der Waals surface area contributed by atoms with Crippen LogP contribution >= 0.6 is 0 Å². The molecule has 35 heavy (non-hydrogen) atoms. The normalized spacial score (nSPS) is 13.1. The number of carbonyl (C=O) groups is 2. The summed E-state index contributed by atoms with van der Waals surface area (Å²) in [7, 11) is -4.05. The number of carboxylic acids is 1. The van der Waals surface area contributed by atoms with Crippen molar-refractivity contribution in [2.75, 3.05) is 5.32 Å². The number of hydrogen-bond donors (Lipinski definition) is 3. The Hall–Kier alpha value is -2.92. The SMILES string of the molecule is CC[C@@H](C)NS(=O)(=O)c1cc(NC(=O)CC(C)C)ccc1Oc1c(C)c(C(=O)O)nn1C(C)(C)C. The molecule has 3 N–H and O–H groups in total. The van der Waals surface area contributed by atoms with Crippen molar-refractivity contribution in [1.29, 1.82) is 0 Å². The van der Waals surface area contributed by atoms with Crippen molar-refractivity contribution in [2.24, 2.45) is 5.92 Å². The predicted molar refractivity (Wildman–Crippen MR) is 134 cm³/mol. The summed E-state index contributed by atoms with van der Waals surface area (Å²) in [6.45, 7) is 14.5. The number of aromatic carboxylic acids is 1. The third kappa shape index (κ3) is 7.04. The van der Waals surface area contributed by atoms with E-state index in [4.69, 9.17) is 4.74 Å². The molecule has 0 radical (unpaired) electrons. The number of hydrogen-bond acceptors (Lipinski definition) is 6. The van der Waals surface area contributed by atoms with E-state index in [1.165, 1.54) is 16.8 Å². The highest BCUT2D eigenvalue weighted by molar-refractivity contribution is 7.89. The van der Waals surface area contributed by atoms with E-state index < -0.39 is 21.5 Å². The topological polar surface area (TPSA) is 140 Å². The molecule has 11 heteroatoms. The Labute approximate surface area is 207 Å². The van der Waals surface area contributed by atoms with Gasteiger partial charge in [-0.2, -0.15) is 5.10 Å². The number of nitrogens with zero attached hydrogens (tertiary/aromatic N) is 2. The molecule has 0 saturated heterocycles. The number of sulfonamides is 1. The highest BCUT2D eigenvalue weighted by Gasteiger charge is 2.30. The van der Waals surface area contributed by atoms with Crippen molar-refractivity contribution in [3.63, 3.8) is 0 Å². The van der Waals surface area contributed by atoms with E-state index in [0.717, 1.165) is 0 Å². The summed E-state index contributed by atoms with van der Waals surface area (Å²) in [5, 5.41) is 16.5. The first-order valence-corrected chi connectivity index (χ1v) is 13.0. The Morgan fingerprint density at radius 1 is 1.20 bits per heavy atom. The second kappa shape index (κ2) is 10.8. The van der Waals surface area contributed by atoms with Crippen LogP contribution in [-0.2, 0) is 20.4 Å². The molecule has 0 bridgehead atoms. The van der Waals surface area contributed by atoms with Crippen molar-refractivity contribution in [1.82, 2.24) is 14.5 Å². The fourth-order valence-electron chi connectivity index (χ4n) is 3.24. The maximum absolute atomic E-state index is 13.3. The number of anilines is 1. The van der Waals surface area contributed by atoms with Crippen LogP contribution < -0.4 is 14.8 Å². The summed E-state index contributed by atoms with van der Waals surface area (Å²) in [5.74, 6) is -1.22. The third-order valence-electron chi connectivity index (χ3n) is 5.19. The van der Waals surface area contributed by atoms with Gasteiger partial charge in [0.05, 0.1) is 5.54 Å². The number of rotatable bonds is 10. The number of nitrogens with one attached hydrogen (secondary N) is 2. The summed E-state index contributed by atoms with van der Waals surface area (Å²) < 4.78 is 36.7. The van der Waals surface area contributed by atoms with E-state index in [2.05, 4.69) is 15.1 Å². The van der Waals surface area contributed by atoms with Gasteiger partial charge in [0.2, 0.25) is 21.8 Å². The minimum atomic E-state index is -4.05. The molecule has 0 fully saturated rings. The zero-order valence-electron chi connectivity index (χ0n) is 21.6. The number of ether oxygens (including phenoxy) is 1. The Balaban J connectivity index is 2.64. The maximum atomic E-state index is 13.3. The quantitative estimate of drug-likeness (QED) is 0.429. The average Bonchev–Trinajstić information content (AvgIpc) is 3.04. The van der Waals surface area contributed by atoms with Gasteiger partial charge in [-0.05, 0) is 65.2 Å². The molecule has 2 aromatic rings. The molecule has 2 rings (SSSR count). The standard InChI is InChI=1S/C24H36N4O6S/c1-9-15(4)27-35(32,33)19-13-17(25-20(29)12-14(2)3)10-11-18(19)34-22-16(5)21(23(30)31)26-28(22)24(6,7)8/h10-11,13-15,27H,9,12H2,1-8H3,(H,25,29)(H,30,31)/t15-/m1/s1. The molecule has 1 heterocycles. The Kier molecular flexibility index (Phi) is 8.72. The monoisotopic (exact) mass is 508 g/mol. The first-order chi connectivity index (χ1) is 16.1. The van der Waals surface area contributed by atoms with E-state index in [1.807, 2.05) is 41.5 Å². The highest BCUT2D eigenvalue weighted by atomic mass is 32.2. The minimum Gasteiger partial charge on any atom is -0.476 e. The Bertz CT molecular complexity index is 1200. The van der Waals surface area contributed by atoms with Crippen molar-refractivity contribution in [3.8, 4) is 11.6 Å². The van der Waals surface area contributed by atoms with Crippen molar-refractivity contribution >= 4 is 27.6 Å². The van der Waals surface area contributed by atoms with E-state index in [1.54, 1.807) is 19.9 Å². The lowest BCUT2D eigenvalue weighted by Gasteiger charge is -2.23. The lowest BCUT2D eigenvalue weighted by atomic mass is 10.1. The minimum absolute atomic E-state index is 0.0203. The number of benzene rings is 1. The van der Waals surface area contributed by atoms with Gasteiger partial charge in [-0.1, -0.05) is 20.8 Å². The fourth-order valence-corrected chi connectivity index (χ4v) is 4.72. The smallest absolute Gasteiger partial charge is 0.356 e. The molecule has 0 unspecified atom stereocenters. The van der Waals surface area contributed by atoms with Gasteiger partial charge >= 0.3 is 5.97 Å². The maximum Gasteiger partial charge on any atom is 0.356 e. The van der Waals surface area contributed by atoms with E-state index in [0.29, 0.717) is 12.1 Å². The summed E-state index contributed by atoms with van der Waals surface area (Å²) in [5.41, 5.74) is -0.263. The van der Waals surface area contributed by atoms with Gasteiger partial charge in [0, 0.05) is 23.7 Å². The van der Waals surface area contributed by atoms with Crippen molar-refractivity contribution < 1.29 is 27.9 Å². The van der Waals surface area contributed by atoms with Gasteiger partial charge in [-0.15, -0.1) is 0 Å². The second-order valence-corrected chi connectivity index (χ2v) is 11.7. The first-order valence-electron chi connectivity index (χ1n) is 11.5. The Morgan fingerprint density at radius 2 is 1.83 bits per heavy atom. The van der Waals surface area contributed by atoms with Crippen molar-refractivity contribution in [3.05, 3.63) is 29.5 Å². The molecule has 0 aliphatic heterocycles. The van der Waals surface area contributed by atoms with Crippen LogP contribution in [0.1, 0.15) is 77.4 Å². The summed E-state index contributed by atoms with van der Waals surface area (Å²) in [4.78, 5) is 23.8. The van der Waals surface area contributed by atoms with Gasteiger partial charge in [-0.3, -0.25) is 4.79 Å². The molecule has 1 aromatic heterocycles. The van der Waals surface area contributed by atoms with Gasteiger partial charge in [0.25, 0.3) is 0 Å². The van der Waals surface area contributed by atoms with Gasteiger partial charge in [0.1, 0.15) is 10.6 Å². The molecule has 0 saturated carbocycles. The van der Waals surface area contributed by atoms with E-state index in [9.17, 15) is 23.1 Å². The van der Waals surface area contributed by atoms with Crippen LogP contribution in [0, 0.1) is 12.8 Å². The molecular formula is C24H36N4O6S. The van der Waals surface area contributed by atoms with Crippen LogP contribution in [0.2, 0.25) is 0 Å². The summed E-state index contributed by atoms with van der Waals surface area (Å²) >= 11 is 0. The molecular weight excluding hydrogens is 472 g/mol. The lowest BCUT2D eigenvalue weighted by molar-refractivity contribution is -0.116. The molecule has 10 nitrogen and oxygen atoms in total. The van der Waals surface area contributed by atoms with Gasteiger partial charge < -0.3 is 15.2 Å². The molecule has 0 aliphatic carbocycles. The van der Waals surface area contributed by atoms with Gasteiger partial charge in [0.15, 0.2) is 5.69 Å².